The molecule has 29 heavy (non-hydrogen) atoms. The molecule has 0 amide bonds. The smallest absolute Gasteiger partial charge is 0.340 e. The molecule has 0 fully saturated rings. The maximum Gasteiger partial charge on any atom is 0.340 e. The first-order chi connectivity index (χ1) is 13.4. The molecular weight excluding hydrogens is 417 g/mol. The van der Waals surface area contributed by atoms with Crippen LogP contribution in [0.1, 0.15) is 22.3 Å². The normalized spacial score (nSPS) is 10.6. The van der Waals surface area contributed by atoms with E-state index >= 15 is 0 Å². The summed E-state index contributed by atoms with van der Waals surface area (Å²) in [6.45, 7) is 2.86. The fourth-order valence-electron chi connectivity index (χ4n) is 3.12. The van der Waals surface area contributed by atoms with Gasteiger partial charge < -0.3 is 32.0 Å². The Balaban J connectivity index is 0.00000300. The third kappa shape index (κ3) is 5.09. The van der Waals surface area contributed by atoms with Crippen LogP contribution in [0.4, 0.5) is 0 Å². The van der Waals surface area contributed by atoms with Crippen LogP contribution in [0, 0.1) is 6.92 Å². The number of halogens is 2. The van der Waals surface area contributed by atoms with Gasteiger partial charge in [-0.25, -0.2) is 4.79 Å². The van der Waals surface area contributed by atoms with Crippen LogP contribution in [0.25, 0.3) is 11.0 Å². The van der Waals surface area contributed by atoms with Gasteiger partial charge in [0.1, 0.15) is 18.8 Å². The number of hydrogen-bond donors (Lipinski definition) is 2. The molecule has 0 aliphatic rings. The number of quaternary nitrogens is 1. The number of phenols is 1. The number of nitrogens with two attached hydrogens (primary N) is 1. The summed E-state index contributed by atoms with van der Waals surface area (Å²) in [4.78, 5) is 24.0. The number of benzene rings is 2. The van der Waals surface area contributed by atoms with Crippen LogP contribution in [-0.4, -0.2) is 18.2 Å². The van der Waals surface area contributed by atoms with Crippen molar-refractivity contribution in [3.05, 3.63) is 74.1 Å². The molecule has 0 spiro atoms. The third-order valence-corrected chi connectivity index (χ3v) is 4.98. The van der Waals surface area contributed by atoms with Crippen LogP contribution in [0.15, 0.2) is 45.6 Å². The lowest BCUT2D eigenvalue weighted by Crippen LogP contribution is -3.00. The molecule has 0 radical (unpaired) electrons. The van der Waals surface area contributed by atoms with E-state index in [1.54, 1.807) is 19.1 Å². The second-order valence-corrected chi connectivity index (χ2v) is 6.95. The average Bonchev–Trinajstić information content (AvgIpc) is 2.68. The average molecular weight is 438 g/mol. The molecule has 154 valence electrons. The first kappa shape index (κ1) is 22.7. The molecule has 0 saturated heterocycles. The van der Waals surface area contributed by atoms with Crippen molar-refractivity contribution in [2.75, 3.05) is 7.11 Å². The zero-order valence-corrected chi connectivity index (χ0v) is 17.5. The molecule has 0 aliphatic carbocycles. The Morgan fingerprint density at radius 1 is 1.14 bits per heavy atom. The summed E-state index contributed by atoms with van der Waals surface area (Å²) in [6, 6.07) is 10.8. The molecule has 0 unspecified atom stereocenters. The summed E-state index contributed by atoms with van der Waals surface area (Å²) < 4.78 is 10.1. The lowest BCUT2D eigenvalue weighted by molar-refractivity contribution is -0.686. The van der Waals surface area contributed by atoms with Crippen LogP contribution in [0.2, 0.25) is 5.02 Å². The Morgan fingerprint density at radius 2 is 1.83 bits per heavy atom. The maximum atomic E-state index is 12.4. The van der Waals surface area contributed by atoms with Crippen LogP contribution >= 0.6 is 11.6 Å². The Labute approximate surface area is 178 Å². The Morgan fingerprint density at radius 3 is 2.48 bits per heavy atom. The van der Waals surface area contributed by atoms with Gasteiger partial charge in [0.2, 0.25) is 0 Å². The molecule has 0 aliphatic heterocycles. The van der Waals surface area contributed by atoms with E-state index in [0.717, 1.165) is 5.56 Å². The lowest BCUT2D eigenvalue weighted by Gasteiger charge is -2.11. The number of carbonyl (C=O) groups is 1. The Kier molecular flexibility index (Phi) is 7.67. The molecule has 0 bridgehead atoms. The predicted molar refractivity (Wildman–Crippen MR) is 105 cm³/mol. The molecule has 0 saturated carbocycles. The van der Waals surface area contributed by atoms with Crippen molar-refractivity contribution in [3.63, 3.8) is 0 Å². The first-order valence-corrected chi connectivity index (χ1v) is 9.18. The van der Waals surface area contributed by atoms with Gasteiger partial charge in [-0.05, 0) is 36.8 Å². The van der Waals surface area contributed by atoms with Gasteiger partial charge in [0.05, 0.1) is 24.7 Å². The summed E-state index contributed by atoms with van der Waals surface area (Å²) in [6.07, 6.45) is -0.153. The maximum absolute atomic E-state index is 12.4. The van der Waals surface area contributed by atoms with E-state index in [1.807, 2.05) is 29.6 Å². The van der Waals surface area contributed by atoms with Crippen molar-refractivity contribution >= 4 is 28.5 Å². The van der Waals surface area contributed by atoms with Crippen LogP contribution in [0.5, 0.6) is 5.75 Å². The number of aromatic hydroxyl groups is 1. The van der Waals surface area contributed by atoms with Gasteiger partial charge in [-0.2, -0.15) is 0 Å². The fraction of sp³-hybridized carbons (Fsp3) is 0.238. The highest BCUT2D eigenvalue weighted by molar-refractivity contribution is 6.30. The minimum absolute atomic E-state index is 0. The number of esters is 1. The summed E-state index contributed by atoms with van der Waals surface area (Å²) in [5, 5.41) is 13.7. The quantitative estimate of drug-likeness (QED) is 0.398. The molecule has 1 aromatic heterocycles. The van der Waals surface area contributed by atoms with Crippen LogP contribution in [-0.2, 0) is 29.0 Å². The molecule has 0 atom stereocenters. The number of fused-ring (bicyclic) bond motifs is 1. The van der Waals surface area contributed by atoms with Crippen molar-refractivity contribution in [1.29, 1.82) is 0 Å². The molecule has 3 N–H and O–H groups in total. The number of rotatable bonds is 6. The Hall–Kier alpha value is -2.54. The molecule has 1 heterocycles. The van der Waals surface area contributed by atoms with E-state index in [0.29, 0.717) is 40.2 Å². The van der Waals surface area contributed by atoms with Gasteiger partial charge >= 0.3 is 11.6 Å². The van der Waals surface area contributed by atoms with Crippen LogP contribution in [0.3, 0.4) is 0 Å². The molecule has 3 rings (SSSR count). The molecule has 6 nitrogen and oxygen atoms in total. The van der Waals surface area contributed by atoms with Crippen molar-refractivity contribution in [2.24, 2.45) is 0 Å². The minimum atomic E-state index is -0.597. The number of phenolic OH excluding ortho intramolecular Hbond substituents is 1. The van der Waals surface area contributed by atoms with Gasteiger partial charge in [0, 0.05) is 16.0 Å². The van der Waals surface area contributed by atoms with E-state index < -0.39 is 11.6 Å². The SMILES string of the molecule is COC(=O)Cc1c(C)c2ccc(O)c(C[NH2+]Cc3ccc(Cl)cc3)c2oc1=O.[Cl-]. The van der Waals surface area contributed by atoms with Gasteiger partial charge in [-0.1, -0.05) is 23.7 Å². The number of carbonyl (C=O) groups excluding carboxylic acids is 1. The fourth-order valence-corrected chi connectivity index (χ4v) is 3.25. The molecule has 2 aromatic carbocycles. The first-order valence-electron chi connectivity index (χ1n) is 8.80. The van der Waals surface area contributed by atoms with E-state index in [1.165, 1.54) is 7.11 Å². The van der Waals surface area contributed by atoms with Gasteiger partial charge in [-0.3, -0.25) is 4.79 Å². The monoisotopic (exact) mass is 437 g/mol. The van der Waals surface area contributed by atoms with Crippen molar-refractivity contribution in [1.82, 2.24) is 0 Å². The van der Waals surface area contributed by atoms with E-state index in [-0.39, 0.29) is 30.1 Å². The van der Waals surface area contributed by atoms with Gasteiger partial charge in [-0.15, -0.1) is 0 Å². The second kappa shape index (κ2) is 9.78. The number of methoxy groups -OCH3 is 1. The third-order valence-electron chi connectivity index (χ3n) is 4.72. The summed E-state index contributed by atoms with van der Waals surface area (Å²) in [5.41, 5.74) is 2.28. The zero-order valence-electron chi connectivity index (χ0n) is 16.0. The highest BCUT2D eigenvalue weighted by atomic mass is 35.5. The summed E-state index contributed by atoms with van der Waals surface area (Å²) in [7, 11) is 1.27. The minimum Gasteiger partial charge on any atom is -1.00 e. The standard InChI is InChI=1S/C21H20ClNO5.ClH/c1-12-15-7-8-18(24)17(11-23-10-13-3-5-14(22)6-4-13)20(15)28-21(26)16(12)9-19(25)27-2;/h3-8,23-24H,9-11H2,1-2H3;1H. The van der Waals surface area contributed by atoms with E-state index in [4.69, 9.17) is 16.0 Å². The van der Waals surface area contributed by atoms with E-state index in [2.05, 4.69) is 4.74 Å². The van der Waals surface area contributed by atoms with Gasteiger partial charge in [0.25, 0.3) is 0 Å². The largest absolute Gasteiger partial charge is 1.00 e. The number of aryl methyl sites for hydroxylation is 1. The topological polar surface area (TPSA) is 93.3 Å². The van der Waals surface area contributed by atoms with Crippen molar-refractivity contribution in [2.45, 2.75) is 26.4 Å². The predicted octanol–water partition coefficient (Wildman–Crippen LogP) is -0.556. The molecule has 3 aromatic rings. The highest BCUT2D eigenvalue weighted by Crippen LogP contribution is 2.29. The van der Waals surface area contributed by atoms with Crippen molar-refractivity contribution < 1.29 is 36.8 Å². The van der Waals surface area contributed by atoms with Crippen molar-refractivity contribution in [3.8, 4) is 5.75 Å². The number of ether oxygens (including phenoxy) is 1. The molecular formula is C21H21Cl2NO5. The summed E-state index contributed by atoms with van der Waals surface area (Å²) in [5.74, 6) is -0.451. The van der Waals surface area contributed by atoms with E-state index in [9.17, 15) is 14.7 Å². The van der Waals surface area contributed by atoms with Crippen LogP contribution < -0.4 is 23.3 Å². The molecule has 8 heteroatoms. The lowest BCUT2D eigenvalue weighted by atomic mass is 10.0. The second-order valence-electron chi connectivity index (χ2n) is 6.51. The zero-order chi connectivity index (χ0) is 20.3. The highest BCUT2D eigenvalue weighted by Gasteiger charge is 2.19. The Bertz CT molecular complexity index is 1080. The number of hydrogen-bond acceptors (Lipinski definition) is 5. The van der Waals surface area contributed by atoms with Gasteiger partial charge in [0.15, 0.2) is 5.58 Å². The summed E-state index contributed by atoms with van der Waals surface area (Å²) >= 11 is 5.90.